The molecule has 3 N–H and O–H groups in total. The van der Waals surface area contributed by atoms with E-state index < -0.39 is 11.9 Å². The summed E-state index contributed by atoms with van der Waals surface area (Å²) in [6, 6.07) is 5.79. The van der Waals surface area contributed by atoms with Crippen molar-refractivity contribution in [2.45, 2.75) is 59.8 Å². The van der Waals surface area contributed by atoms with Crippen LogP contribution >= 0.6 is 0 Å². The Labute approximate surface area is 147 Å². The SMILES string of the molecule is CCCCC(C(=O)O)c1ccc(N(CC(C)C)CC(C)C)c(N)c1. The molecule has 24 heavy (non-hydrogen) atoms. The van der Waals surface area contributed by atoms with Gasteiger partial charge in [-0.1, -0.05) is 53.5 Å². The predicted molar refractivity (Wildman–Crippen MR) is 103 cm³/mol. The molecule has 0 radical (unpaired) electrons. The number of nitrogens with two attached hydrogens (primary N) is 1. The van der Waals surface area contributed by atoms with E-state index in [-0.39, 0.29) is 0 Å². The van der Waals surface area contributed by atoms with Crippen LogP contribution in [0.5, 0.6) is 0 Å². The highest BCUT2D eigenvalue weighted by Crippen LogP contribution is 2.31. The topological polar surface area (TPSA) is 66.6 Å². The van der Waals surface area contributed by atoms with Crippen molar-refractivity contribution in [3.63, 3.8) is 0 Å². The molecule has 4 nitrogen and oxygen atoms in total. The van der Waals surface area contributed by atoms with Crippen LogP contribution in [0.4, 0.5) is 11.4 Å². The largest absolute Gasteiger partial charge is 0.481 e. The maximum atomic E-state index is 11.6. The molecule has 0 saturated heterocycles. The molecule has 0 bridgehead atoms. The second kappa shape index (κ2) is 9.55. The van der Waals surface area contributed by atoms with Crippen molar-refractivity contribution in [1.29, 1.82) is 0 Å². The normalized spacial score (nSPS) is 12.6. The number of nitrogen functional groups attached to an aromatic ring is 1. The van der Waals surface area contributed by atoms with Crippen LogP contribution in [-0.2, 0) is 4.79 Å². The van der Waals surface area contributed by atoms with Crippen molar-refractivity contribution in [2.75, 3.05) is 23.7 Å². The molecule has 0 aliphatic rings. The quantitative estimate of drug-likeness (QED) is 0.606. The van der Waals surface area contributed by atoms with Gasteiger partial charge < -0.3 is 15.7 Å². The van der Waals surface area contributed by atoms with Crippen LogP contribution in [0.25, 0.3) is 0 Å². The molecule has 1 atom stereocenters. The molecule has 0 heterocycles. The number of hydrogen-bond acceptors (Lipinski definition) is 3. The van der Waals surface area contributed by atoms with E-state index in [1.54, 1.807) is 0 Å². The highest BCUT2D eigenvalue weighted by Gasteiger charge is 2.21. The van der Waals surface area contributed by atoms with Gasteiger partial charge in [0.2, 0.25) is 0 Å². The Morgan fingerprint density at radius 3 is 2.17 bits per heavy atom. The summed E-state index contributed by atoms with van der Waals surface area (Å²) in [7, 11) is 0. The van der Waals surface area contributed by atoms with Gasteiger partial charge in [-0.05, 0) is 36.0 Å². The number of rotatable bonds is 10. The fraction of sp³-hybridized carbons (Fsp3) is 0.650. The zero-order chi connectivity index (χ0) is 18.3. The Balaban J connectivity index is 3.08. The molecular formula is C20H34N2O2. The summed E-state index contributed by atoms with van der Waals surface area (Å²) in [6.07, 6.45) is 2.56. The minimum atomic E-state index is -0.767. The first-order valence-electron chi connectivity index (χ1n) is 9.13. The van der Waals surface area contributed by atoms with Gasteiger partial charge in [-0.3, -0.25) is 4.79 Å². The van der Waals surface area contributed by atoms with Gasteiger partial charge in [-0.25, -0.2) is 0 Å². The number of hydrogen-bond donors (Lipinski definition) is 2. The lowest BCUT2D eigenvalue weighted by Crippen LogP contribution is -2.32. The molecule has 1 unspecified atom stereocenters. The Bertz CT molecular complexity index is 516. The van der Waals surface area contributed by atoms with Crippen molar-refractivity contribution in [1.82, 2.24) is 0 Å². The third-order valence-electron chi connectivity index (χ3n) is 4.11. The number of carboxylic acid groups (broad SMARTS) is 1. The van der Waals surface area contributed by atoms with E-state index in [4.69, 9.17) is 5.73 Å². The third kappa shape index (κ3) is 6.06. The van der Waals surface area contributed by atoms with E-state index in [1.165, 1.54) is 0 Å². The molecule has 1 aromatic carbocycles. The Morgan fingerprint density at radius 1 is 1.17 bits per heavy atom. The summed E-state index contributed by atoms with van der Waals surface area (Å²) in [5.41, 5.74) is 8.81. The first-order valence-corrected chi connectivity index (χ1v) is 9.13. The summed E-state index contributed by atoms with van der Waals surface area (Å²) in [6.45, 7) is 12.8. The number of nitrogens with zero attached hydrogens (tertiary/aromatic N) is 1. The summed E-state index contributed by atoms with van der Waals surface area (Å²) in [4.78, 5) is 13.9. The van der Waals surface area contributed by atoms with Crippen LogP contribution in [0, 0.1) is 11.8 Å². The van der Waals surface area contributed by atoms with Gasteiger partial charge in [-0.2, -0.15) is 0 Å². The maximum Gasteiger partial charge on any atom is 0.310 e. The highest BCUT2D eigenvalue weighted by molar-refractivity contribution is 5.78. The molecule has 0 aliphatic carbocycles. The summed E-state index contributed by atoms with van der Waals surface area (Å²) in [5, 5.41) is 9.51. The van der Waals surface area contributed by atoms with Gasteiger partial charge in [0.1, 0.15) is 0 Å². The van der Waals surface area contributed by atoms with Crippen molar-refractivity contribution < 1.29 is 9.90 Å². The predicted octanol–water partition coefficient (Wildman–Crippen LogP) is 4.75. The van der Waals surface area contributed by atoms with E-state index in [9.17, 15) is 9.90 Å². The maximum absolute atomic E-state index is 11.6. The Morgan fingerprint density at radius 2 is 1.75 bits per heavy atom. The van der Waals surface area contributed by atoms with Crippen molar-refractivity contribution in [2.24, 2.45) is 11.8 Å². The second-order valence-corrected chi connectivity index (χ2v) is 7.54. The molecule has 0 aromatic heterocycles. The van der Waals surface area contributed by atoms with E-state index in [0.717, 1.165) is 37.2 Å². The molecule has 0 fully saturated rings. The lowest BCUT2D eigenvalue weighted by atomic mass is 9.93. The Kier molecular flexibility index (Phi) is 8.09. The van der Waals surface area contributed by atoms with Gasteiger partial charge in [0.05, 0.1) is 17.3 Å². The standard InChI is InChI=1S/C20H34N2O2/c1-6-7-8-17(20(23)24)16-9-10-19(18(21)11-16)22(12-14(2)3)13-15(4)5/h9-11,14-15,17H,6-8,12-13,21H2,1-5H3,(H,23,24). The number of unbranched alkanes of at least 4 members (excludes halogenated alkanes) is 1. The van der Waals surface area contributed by atoms with Crippen LogP contribution in [-0.4, -0.2) is 24.2 Å². The van der Waals surface area contributed by atoms with Crippen molar-refractivity contribution in [3.05, 3.63) is 23.8 Å². The number of carbonyl (C=O) groups is 1. The second-order valence-electron chi connectivity index (χ2n) is 7.54. The fourth-order valence-corrected chi connectivity index (χ4v) is 3.07. The van der Waals surface area contributed by atoms with Gasteiger partial charge in [0.25, 0.3) is 0 Å². The van der Waals surface area contributed by atoms with Crippen LogP contribution in [0.3, 0.4) is 0 Å². The first-order chi connectivity index (χ1) is 11.3. The third-order valence-corrected chi connectivity index (χ3v) is 4.11. The molecule has 0 amide bonds. The van der Waals surface area contributed by atoms with Crippen LogP contribution in [0.1, 0.15) is 65.4 Å². The minimum Gasteiger partial charge on any atom is -0.481 e. The fourth-order valence-electron chi connectivity index (χ4n) is 3.07. The number of carboxylic acids is 1. The van der Waals surface area contributed by atoms with Crippen LogP contribution in [0.15, 0.2) is 18.2 Å². The van der Waals surface area contributed by atoms with Gasteiger partial charge in [-0.15, -0.1) is 0 Å². The molecule has 136 valence electrons. The Hall–Kier alpha value is -1.71. The van der Waals surface area contributed by atoms with Gasteiger partial charge >= 0.3 is 5.97 Å². The minimum absolute atomic E-state index is 0.468. The summed E-state index contributed by atoms with van der Waals surface area (Å²) >= 11 is 0. The zero-order valence-corrected chi connectivity index (χ0v) is 15.9. The molecule has 0 saturated carbocycles. The number of anilines is 2. The average molecular weight is 335 g/mol. The van der Waals surface area contributed by atoms with E-state index in [2.05, 4.69) is 39.5 Å². The van der Waals surface area contributed by atoms with Crippen molar-refractivity contribution in [3.8, 4) is 0 Å². The number of aliphatic carboxylic acids is 1. The molecular weight excluding hydrogens is 300 g/mol. The lowest BCUT2D eigenvalue weighted by Gasteiger charge is -2.30. The monoisotopic (exact) mass is 334 g/mol. The van der Waals surface area contributed by atoms with Gasteiger partial charge in [0.15, 0.2) is 0 Å². The number of benzene rings is 1. The molecule has 0 aliphatic heterocycles. The smallest absolute Gasteiger partial charge is 0.310 e. The summed E-state index contributed by atoms with van der Waals surface area (Å²) in [5.74, 6) is -0.153. The van der Waals surface area contributed by atoms with Crippen molar-refractivity contribution >= 4 is 17.3 Å². The van der Waals surface area contributed by atoms with E-state index in [1.807, 2.05) is 18.2 Å². The molecule has 1 aromatic rings. The van der Waals surface area contributed by atoms with Crippen LogP contribution in [0.2, 0.25) is 0 Å². The summed E-state index contributed by atoms with van der Waals surface area (Å²) < 4.78 is 0. The molecule has 0 spiro atoms. The van der Waals surface area contributed by atoms with Gasteiger partial charge in [0, 0.05) is 13.1 Å². The first kappa shape index (κ1) is 20.3. The highest BCUT2D eigenvalue weighted by atomic mass is 16.4. The molecule has 1 rings (SSSR count). The average Bonchev–Trinajstić information content (AvgIpc) is 2.45. The van der Waals surface area contributed by atoms with E-state index >= 15 is 0 Å². The lowest BCUT2D eigenvalue weighted by molar-refractivity contribution is -0.139. The van der Waals surface area contributed by atoms with E-state index in [0.29, 0.717) is 23.9 Å². The van der Waals surface area contributed by atoms with Crippen LogP contribution < -0.4 is 10.6 Å². The zero-order valence-electron chi connectivity index (χ0n) is 15.9. The molecule has 4 heteroatoms.